The molecule has 2 aromatic rings. The highest BCUT2D eigenvalue weighted by molar-refractivity contribution is 7.80. The monoisotopic (exact) mass is 237 g/mol. The number of thiocarbonyl (C=S) groups is 1. The number of imidazole rings is 1. The summed E-state index contributed by atoms with van der Waals surface area (Å²) < 4.78 is 0. The molecule has 0 saturated heterocycles. The number of H-pyrrole nitrogens is 1. The van der Waals surface area contributed by atoms with Crippen LogP contribution in [-0.4, -0.2) is 15.0 Å². The molecule has 0 bridgehead atoms. The molecule has 0 saturated carbocycles. The Kier molecular flexibility index (Phi) is 2.70. The molecule has 0 radical (unpaired) electrons. The van der Waals surface area contributed by atoms with Crippen LogP contribution in [0.15, 0.2) is 30.3 Å². The van der Waals surface area contributed by atoms with Crippen molar-refractivity contribution in [1.29, 1.82) is 0 Å². The summed E-state index contributed by atoms with van der Waals surface area (Å²) in [6.45, 7) is 0. The van der Waals surface area contributed by atoms with Gasteiger partial charge in [-0.1, -0.05) is 54.2 Å². The highest BCUT2D eigenvalue weighted by atomic mass is 35.5. The molecule has 0 unspecified atom stereocenters. The Balaban J connectivity index is 2.50. The standard InChI is InChI=1S/C10H8ClN3S/c11-8-7(6-4-2-1-3-5-6)13-10(14-8)9(12)15/h1-5H,(H2,12,15)(H,13,14). The van der Waals surface area contributed by atoms with Gasteiger partial charge in [0.1, 0.15) is 15.8 Å². The van der Waals surface area contributed by atoms with Gasteiger partial charge in [0.25, 0.3) is 0 Å². The molecular weight excluding hydrogens is 230 g/mol. The van der Waals surface area contributed by atoms with Crippen molar-refractivity contribution in [2.24, 2.45) is 5.73 Å². The van der Waals surface area contributed by atoms with E-state index in [4.69, 9.17) is 29.6 Å². The normalized spacial score (nSPS) is 10.2. The summed E-state index contributed by atoms with van der Waals surface area (Å²) in [5.74, 6) is 0.439. The first-order valence-corrected chi connectivity index (χ1v) is 5.08. The number of halogens is 1. The van der Waals surface area contributed by atoms with Crippen LogP contribution in [0.5, 0.6) is 0 Å². The molecule has 76 valence electrons. The van der Waals surface area contributed by atoms with Crippen molar-refractivity contribution in [3.63, 3.8) is 0 Å². The zero-order valence-corrected chi connectivity index (χ0v) is 9.27. The Labute approximate surface area is 97.3 Å². The number of nitrogens with zero attached hydrogens (tertiary/aromatic N) is 1. The fourth-order valence-corrected chi connectivity index (χ4v) is 1.59. The van der Waals surface area contributed by atoms with E-state index in [0.29, 0.717) is 16.7 Å². The minimum Gasteiger partial charge on any atom is -0.387 e. The van der Waals surface area contributed by atoms with Crippen LogP contribution in [0.4, 0.5) is 0 Å². The van der Waals surface area contributed by atoms with Gasteiger partial charge in [0.05, 0.1) is 0 Å². The molecule has 1 aromatic heterocycles. The first-order chi connectivity index (χ1) is 7.18. The molecular formula is C10H8ClN3S. The van der Waals surface area contributed by atoms with Crippen LogP contribution >= 0.6 is 23.8 Å². The maximum absolute atomic E-state index is 5.99. The minimum atomic E-state index is 0.207. The molecule has 5 heteroatoms. The molecule has 0 spiro atoms. The SMILES string of the molecule is NC(=S)c1nc(-c2ccccc2)c(Cl)[nH]1. The first-order valence-electron chi connectivity index (χ1n) is 4.29. The third-order valence-electron chi connectivity index (χ3n) is 1.94. The summed E-state index contributed by atoms with van der Waals surface area (Å²) in [7, 11) is 0. The molecule has 1 heterocycles. The minimum absolute atomic E-state index is 0.207. The van der Waals surface area contributed by atoms with Gasteiger partial charge in [0.2, 0.25) is 0 Å². The van der Waals surface area contributed by atoms with E-state index in [1.807, 2.05) is 30.3 Å². The second kappa shape index (κ2) is 4.00. The quantitative estimate of drug-likeness (QED) is 0.789. The zero-order chi connectivity index (χ0) is 10.8. The topological polar surface area (TPSA) is 54.7 Å². The van der Waals surface area contributed by atoms with Gasteiger partial charge >= 0.3 is 0 Å². The highest BCUT2D eigenvalue weighted by Crippen LogP contribution is 2.24. The second-order valence-electron chi connectivity index (χ2n) is 2.98. The zero-order valence-electron chi connectivity index (χ0n) is 7.70. The summed E-state index contributed by atoms with van der Waals surface area (Å²) in [5, 5.41) is 0.448. The molecule has 1 aromatic carbocycles. The average molecular weight is 238 g/mol. The van der Waals surface area contributed by atoms with Gasteiger partial charge < -0.3 is 10.7 Å². The Morgan fingerprint density at radius 1 is 1.33 bits per heavy atom. The summed E-state index contributed by atoms with van der Waals surface area (Å²) in [6.07, 6.45) is 0. The molecule has 3 N–H and O–H groups in total. The predicted molar refractivity (Wildman–Crippen MR) is 64.9 cm³/mol. The fraction of sp³-hybridized carbons (Fsp3) is 0. The van der Waals surface area contributed by atoms with Crippen LogP contribution in [0.2, 0.25) is 5.15 Å². The van der Waals surface area contributed by atoms with Crippen molar-refractivity contribution in [1.82, 2.24) is 9.97 Å². The number of nitrogens with two attached hydrogens (primary N) is 1. The molecule has 0 fully saturated rings. The third-order valence-corrected chi connectivity index (χ3v) is 2.41. The van der Waals surface area contributed by atoms with Crippen molar-refractivity contribution in [2.45, 2.75) is 0 Å². The second-order valence-corrected chi connectivity index (χ2v) is 3.80. The molecule has 2 rings (SSSR count). The van der Waals surface area contributed by atoms with Gasteiger partial charge in [-0.3, -0.25) is 0 Å². The van der Waals surface area contributed by atoms with E-state index in [-0.39, 0.29) is 4.99 Å². The Bertz CT molecular complexity index is 493. The van der Waals surface area contributed by atoms with Gasteiger partial charge in [0.15, 0.2) is 5.82 Å². The van der Waals surface area contributed by atoms with E-state index in [0.717, 1.165) is 5.56 Å². The van der Waals surface area contributed by atoms with Crippen molar-refractivity contribution in [2.75, 3.05) is 0 Å². The molecule has 0 atom stereocenters. The molecule has 15 heavy (non-hydrogen) atoms. The number of hydrogen-bond donors (Lipinski definition) is 2. The lowest BCUT2D eigenvalue weighted by Crippen LogP contribution is -2.11. The Hall–Kier alpha value is -1.39. The molecule has 0 aliphatic heterocycles. The Morgan fingerprint density at radius 3 is 2.53 bits per heavy atom. The van der Waals surface area contributed by atoms with E-state index < -0.39 is 0 Å². The number of nitrogens with one attached hydrogen (secondary N) is 1. The fourth-order valence-electron chi connectivity index (χ4n) is 1.26. The van der Waals surface area contributed by atoms with Crippen LogP contribution < -0.4 is 5.73 Å². The molecule has 0 aliphatic carbocycles. The van der Waals surface area contributed by atoms with E-state index in [9.17, 15) is 0 Å². The lowest BCUT2D eigenvalue weighted by atomic mass is 10.2. The van der Waals surface area contributed by atoms with E-state index >= 15 is 0 Å². The predicted octanol–water partition coefficient (Wildman–Crippen LogP) is 2.36. The van der Waals surface area contributed by atoms with Gasteiger partial charge in [0, 0.05) is 5.56 Å². The smallest absolute Gasteiger partial charge is 0.166 e. The van der Waals surface area contributed by atoms with Crippen LogP contribution in [0.3, 0.4) is 0 Å². The summed E-state index contributed by atoms with van der Waals surface area (Å²) in [6, 6.07) is 9.61. The van der Waals surface area contributed by atoms with Crippen molar-refractivity contribution in [3.8, 4) is 11.3 Å². The summed E-state index contributed by atoms with van der Waals surface area (Å²) in [5.41, 5.74) is 7.05. The Morgan fingerprint density at radius 2 is 2.00 bits per heavy atom. The largest absolute Gasteiger partial charge is 0.387 e. The average Bonchev–Trinajstić information content (AvgIpc) is 2.62. The lowest BCUT2D eigenvalue weighted by Gasteiger charge is -1.95. The summed E-state index contributed by atoms with van der Waals surface area (Å²) >= 11 is 10.8. The van der Waals surface area contributed by atoms with Crippen molar-refractivity contribution < 1.29 is 0 Å². The number of hydrogen-bond acceptors (Lipinski definition) is 2. The van der Waals surface area contributed by atoms with Crippen molar-refractivity contribution in [3.05, 3.63) is 41.3 Å². The maximum atomic E-state index is 5.99. The number of aromatic nitrogens is 2. The number of rotatable bonds is 2. The maximum Gasteiger partial charge on any atom is 0.166 e. The van der Waals surface area contributed by atoms with E-state index in [1.165, 1.54) is 0 Å². The van der Waals surface area contributed by atoms with Crippen LogP contribution in [-0.2, 0) is 0 Å². The van der Waals surface area contributed by atoms with Gasteiger partial charge in [-0.25, -0.2) is 4.98 Å². The molecule has 3 nitrogen and oxygen atoms in total. The number of aromatic amines is 1. The van der Waals surface area contributed by atoms with E-state index in [2.05, 4.69) is 9.97 Å². The number of benzene rings is 1. The molecule has 0 aliphatic rings. The first kappa shape index (κ1) is 10.1. The third kappa shape index (κ3) is 2.00. The van der Waals surface area contributed by atoms with Crippen molar-refractivity contribution >= 4 is 28.8 Å². The van der Waals surface area contributed by atoms with Gasteiger partial charge in [-0.05, 0) is 0 Å². The van der Waals surface area contributed by atoms with Crippen LogP contribution in [0, 0.1) is 0 Å². The van der Waals surface area contributed by atoms with Crippen LogP contribution in [0.1, 0.15) is 5.82 Å². The van der Waals surface area contributed by atoms with Crippen LogP contribution in [0.25, 0.3) is 11.3 Å². The lowest BCUT2D eigenvalue weighted by molar-refractivity contribution is 1.26. The summed E-state index contributed by atoms with van der Waals surface area (Å²) in [4.78, 5) is 7.26. The van der Waals surface area contributed by atoms with Gasteiger partial charge in [-0.2, -0.15) is 0 Å². The molecule has 0 amide bonds. The van der Waals surface area contributed by atoms with E-state index in [1.54, 1.807) is 0 Å². The highest BCUT2D eigenvalue weighted by Gasteiger charge is 2.11. The van der Waals surface area contributed by atoms with Gasteiger partial charge in [-0.15, -0.1) is 0 Å².